The van der Waals surface area contributed by atoms with Crippen LogP contribution < -0.4 is 11.1 Å². The summed E-state index contributed by atoms with van der Waals surface area (Å²) in [7, 11) is 0. The highest BCUT2D eigenvalue weighted by atomic mass is 19.1. The Hall–Kier alpha value is -3.48. The van der Waals surface area contributed by atoms with Gasteiger partial charge in [-0.05, 0) is 42.5 Å². The molecule has 3 rings (SSSR count). The topological polar surface area (TPSA) is 85.3 Å². The first-order valence-corrected chi connectivity index (χ1v) is 8.17. The summed E-state index contributed by atoms with van der Waals surface area (Å²) in [6.07, 6.45) is 0.387. The molecular weight excluding hydrogens is 354 g/mol. The Bertz CT molecular complexity index is 998. The number of carbonyl (C=O) groups is 2. The molecule has 0 unspecified atom stereocenters. The molecule has 27 heavy (non-hydrogen) atoms. The van der Waals surface area contributed by atoms with Gasteiger partial charge in [0.05, 0.1) is 11.1 Å². The van der Waals surface area contributed by atoms with Gasteiger partial charge in [0.15, 0.2) is 0 Å². The smallest absolute Gasteiger partial charge is 0.251 e. The first kappa shape index (κ1) is 18.3. The number of benzene rings is 2. The number of nitrogens with two attached hydrogens (primary N) is 1. The Morgan fingerprint density at radius 3 is 2.52 bits per heavy atom. The summed E-state index contributed by atoms with van der Waals surface area (Å²) in [5.74, 6) is -1.50. The van der Waals surface area contributed by atoms with E-state index in [1.165, 1.54) is 18.2 Å². The van der Waals surface area contributed by atoms with Gasteiger partial charge in [-0.1, -0.05) is 12.1 Å². The zero-order valence-corrected chi connectivity index (χ0v) is 14.2. The van der Waals surface area contributed by atoms with E-state index in [4.69, 9.17) is 10.2 Å². The predicted octanol–water partition coefficient (Wildman–Crippen LogP) is 3.90. The highest BCUT2D eigenvalue weighted by Gasteiger charge is 2.12. The molecule has 1 aromatic heterocycles. The van der Waals surface area contributed by atoms with Crippen LogP contribution in [-0.4, -0.2) is 11.8 Å². The molecule has 138 valence electrons. The molecule has 7 heteroatoms. The van der Waals surface area contributed by atoms with E-state index in [0.29, 0.717) is 23.5 Å². The molecule has 5 nitrogen and oxygen atoms in total. The van der Waals surface area contributed by atoms with Crippen molar-refractivity contribution in [1.29, 1.82) is 0 Å². The molecule has 0 saturated heterocycles. The van der Waals surface area contributed by atoms with Gasteiger partial charge in [0, 0.05) is 18.5 Å². The fraction of sp³-hybridized carbons (Fsp3) is 0.100. The Morgan fingerprint density at radius 1 is 1.00 bits per heavy atom. The molecule has 3 N–H and O–H groups in total. The number of amides is 2. The maximum Gasteiger partial charge on any atom is 0.251 e. The molecule has 1 heterocycles. The van der Waals surface area contributed by atoms with Crippen LogP contribution >= 0.6 is 0 Å². The third-order valence-electron chi connectivity index (χ3n) is 3.92. The molecule has 0 aliphatic rings. The minimum Gasteiger partial charge on any atom is -0.461 e. The zero-order valence-electron chi connectivity index (χ0n) is 14.2. The highest BCUT2D eigenvalue weighted by molar-refractivity contribution is 5.96. The van der Waals surface area contributed by atoms with Crippen molar-refractivity contribution in [1.82, 2.24) is 0 Å². The van der Waals surface area contributed by atoms with Crippen LogP contribution in [0.4, 0.5) is 14.5 Å². The maximum absolute atomic E-state index is 13.8. The minimum absolute atomic E-state index is 0.0908. The number of furan rings is 1. The van der Waals surface area contributed by atoms with Crippen molar-refractivity contribution in [3.05, 3.63) is 77.6 Å². The summed E-state index contributed by atoms with van der Waals surface area (Å²) in [5, 5.41) is 2.57. The summed E-state index contributed by atoms with van der Waals surface area (Å²) in [4.78, 5) is 23.2. The monoisotopic (exact) mass is 370 g/mol. The lowest BCUT2D eigenvalue weighted by Gasteiger charge is -2.06. The van der Waals surface area contributed by atoms with Crippen molar-refractivity contribution in [2.45, 2.75) is 12.8 Å². The molecule has 2 aromatic carbocycles. The van der Waals surface area contributed by atoms with Gasteiger partial charge in [-0.15, -0.1) is 0 Å². The molecule has 0 aliphatic heterocycles. The zero-order chi connectivity index (χ0) is 19.4. The fourth-order valence-corrected chi connectivity index (χ4v) is 2.57. The highest BCUT2D eigenvalue weighted by Crippen LogP contribution is 2.25. The lowest BCUT2D eigenvalue weighted by Crippen LogP contribution is -2.16. The summed E-state index contributed by atoms with van der Waals surface area (Å²) in [6, 6.07) is 13.1. The number of rotatable bonds is 6. The van der Waals surface area contributed by atoms with E-state index in [2.05, 4.69) is 5.32 Å². The lowest BCUT2D eigenvalue weighted by molar-refractivity contribution is -0.116. The Kier molecular flexibility index (Phi) is 5.30. The molecule has 0 spiro atoms. The van der Waals surface area contributed by atoms with Crippen LogP contribution in [0.5, 0.6) is 0 Å². The SMILES string of the molecule is NC(=O)c1cc(NC(=O)CCc2ccc(-c3ccccc3F)o2)ccc1F. The summed E-state index contributed by atoms with van der Waals surface area (Å²) >= 11 is 0. The Labute approximate surface area is 153 Å². The van der Waals surface area contributed by atoms with Crippen molar-refractivity contribution < 1.29 is 22.8 Å². The normalized spacial score (nSPS) is 10.6. The quantitative estimate of drug-likeness (QED) is 0.690. The second kappa shape index (κ2) is 7.82. The van der Waals surface area contributed by atoms with Gasteiger partial charge >= 0.3 is 0 Å². The molecule has 0 aliphatic carbocycles. The van der Waals surface area contributed by atoms with E-state index in [1.807, 2.05) is 0 Å². The number of halogens is 2. The van der Waals surface area contributed by atoms with Crippen LogP contribution in [0.25, 0.3) is 11.3 Å². The van der Waals surface area contributed by atoms with Gasteiger partial charge in [-0.25, -0.2) is 8.78 Å². The maximum atomic E-state index is 13.8. The Morgan fingerprint density at radius 2 is 1.78 bits per heavy atom. The standard InChI is InChI=1S/C20H16F2N2O3/c21-16-4-2-1-3-14(16)18-9-6-13(27-18)7-10-19(25)24-12-5-8-17(22)15(11-12)20(23)26/h1-6,8-9,11H,7,10H2,(H2,23,26)(H,24,25). The number of aryl methyl sites for hydroxylation is 1. The molecule has 0 atom stereocenters. The van der Waals surface area contributed by atoms with Crippen LogP contribution in [-0.2, 0) is 11.2 Å². The average molecular weight is 370 g/mol. The molecule has 0 radical (unpaired) electrons. The van der Waals surface area contributed by atoms with Gasteiger partial charge in [-0.3, -0.25) is 9.59 Å². The Balaban J connectivity index is 1.61. The second-order valence-corrected chi connectivity index (χ2v) is 5.85. The number of carbonyl (C=O) groups excluding carboxylic acids is 2. The third kappa shape index (κ3) is 4.38. The van der Waals surface area contributed by atoms with Crippen molar-refractivity contribution in [2.75, 3.05) is 5.32 Å². The van der Waals surface area contributed by atoms with Gasteiger partial charge in [0.2, 0.25) is 5.91 Å². The lowest BCUT2D eigenvalue weighted by atomic mass is 10.1. The van der Waals surface area contributed by atoms with Crippen LogP contribution in [0.2, 0.25) is 0 Å². The van der Waals surface area contributed by atoms with E-state index in [1.54, 1.807) is 30.3 Å². The van der Waals surface area contributed by atoms with Crippen molar-refractivity contribution in [3.8, 4) is 11.3 Å². The number of hydrogen-bond acceptors (Lipinski definition) is 3. The fourth-order valence-electron chi connectivity index (χ4n) is 2.57. The van der Waals surface area contributed by atoms with Crippen LogP contribution in [0.15, 0.2) is 59.0 Å². The van der Waals surface area contributed by atoms with E-state index < -0.39 is 17.5 Å². The number of primary amides is 1. The summed E-state index contributed by atoms with van der Waals surface area (Å²) < 4.78 is 32.8. The molecule has 0 bridgehead atoms. The van der Waals surface area contributed by atoms with E-state index in [-0.39, 0.29) is 23.6 Å². The van der Waals surface area contributed by atoms with E-state index >= 15 is 0 Å². The van der Waals surface area contributed by atoms with Gasteiger partial charge in [-0.2, -0.15) is 0 Å². The van der Waals surface area contributed by atoms with Crippen LogP contribution in [0.3, 0.4) is 0 Å². The van der Waals surface area contributed by atoms with Gasteiger partial charge in [0.1, 0.15) is 23.2 Å². The molecule has 3 aromatic rings. The molecule has 0 fully saturated rings. The van der Waals surface area contributed by atoms with Gasteiger partial charge < -0.3 is 15.5 Å². The average Bonchev–Trinajstić information content (AvgIpc) is 3.10. The van der Waals surface area contributed by atoms with Crippen molar-refractivity contribution in [3.63, 3.8) is 0 Å². The number of hydrogen-bond donors (Lipinski definition) is 2. The van der Waals surface area contributed by atoms with Crippen molar-refractivity contribution >= 4 is 17.5 Å². The first-order chi connectivity index (χ1) is 12.9. The second-order valence-electron chi connectivity index (χ2n) is 5.85. The van der Waals surface area contributed by atoms with Crippen LogP contribution in [0, 0.1) is 11.6 Å². The number of nitrogens with one attached hydrogen (secondary N) is 1. The predicted molar refractivity (Wildman–Crippen MR) is 96.0 cm³/mol. The molecular formula is C20H16F2N2O3. The summed E-state index contributed by atoms with van der Waals surface area (Å²) in [6.45, 7) is 0. The molecule has 2 amide bonds. The van der Waals surface area contributed by atoms with Crippen molar-refractivity contribution in [2.24, 2.45) is 5.73 Å². The minimum atomic E-state index is -0.917. The largest absolute Gasteiger partial charge is 0.461 e. The van der Waals surface area contributed by atoms with E-state index in [9.17, 15) is 18.4 Å². The van der Waals surface area contributed by atoms with Crippen LogP contribution in [0.1, 0.15) is 22.5 Å². The summed E-state index contributed by atoms with van der Waals surface area (Å²) in [5.41, 5.74) is 5.39. The molecule has 0 saturated carbocycles. The third-order valence-corrected chi connectivity index (χ3v) is 3.92. The number of anilines is 1. The first-order valence-electron chi connectivity index (χ1n) is 8.17. The van der Waals surface area contributed by atoms with Gasteiger partial charge in [0.25, 0.3) is 5.91 Å². The van der Waals surface area contributed by atoms with E-state index in [0.717, 1.165) is 6.07 Å².